The summed E-state index contributed by atoms with van der Waals surface area (Å²) in [5, 5.41) is 3.44. The lowest BCUT2D eigenvalue weighted by molar-refractivity contribution is -0.136. The third kappa shape index (κ3) is 0.810. The molecular weight excluding hydrogens is 164 g/mol. The van der Waals surface area contributed by atoms with Gasteiger partial charge in [0, 0.05) is 25.6 Å². The summed E-state index contributed by atoms with van der Waals surface area (Å²) < 4.78 is 0. The Hall–Kier alpha value is -0.570. The first-order chi connectivity index (χ1) is 6.28. The fraction of sp³-hybridized carbons (Fsp3) is 0.900. The zero-order valence-electron chi connectivity index (χ0n) is 8.05. The monoisotopic (exact) mass is 180 g/mol. The maximum Gasteiger partial charge on any atom is 0.223 e. The third-order valence-corrected chi connectivity index (χ3v) is 3.98. The maximum atomic E-state index is 11.8. The number of carbonyl (C=O) groups is 1. The second-order valence-corrected chi connectivity index (χ2v) is 4.64. The van der Waals surface area contributed by atoms with Gasteiger partial charge >= 0.3 is 0 Å². The molecule has 0 radical (unpaired) electrons. The molecule has 2 unspecified atom stereocenters. The van der Waals surface area contributed by atoms with Crippen LogP contribution in [0.2, 0.25) is 0 Å². The summed E-state index contributed by atoms with van der Waals surface area (Å²) in [6, 6.07) is 0.514. The molecule has 3 aliphatic rings. The van der Waals surface area contributed by atoms with E-state index in [0.29, 0.717) is 18.4 Å². The quantitative estimate of drug-likeness (QED) is 0.632. The summed E-state index contributed by atoms with van der Waals surface area (Å²) in [7, 11) is 0. The molecule has 1 amide bonds. The standard InChI is InChI=1S/C10H16N2O/c1-2-9(13)12-8-3-7-4-10(7,12)6-11-5-8/h7-8,11H,2-6H2,1H3/t7?,8-,10?/m0/s1. The number of hydrogen-bond donors (Lipinski definition) is 1. The van der Waals surface area contributed by atoms with E-state index in [4.69, 9.17) is 0 Å². The van der Waals surface area contributed by atoms with Gasteiger partial charge in [0.2, 0.25) is 5.91 Å². The van der Waals surface area contributed by atoms with Crippen molar-refractivity contribution in [3.05, 3.63) is 0 Å². The Morgan fingerprint density at radius 3 is 3.23 bits per heavy atom. The van der Waals surface area contributed by atoms with Gasteiger partial charge in [-0.05, 0) is 18.8 Å². The molecule has 3 rings (SSSR count). The van der Waals surface area contributed by atoms with Gasteiger partial charge in [0.05, 0.1) is 5.54 Å². The summed E-state index contributed by atoms with van der Waals surface area (Å²) in [6.07, 6.45) is 3.17. The number of nitrogens with zero attached hydrogens (tertiary/aromatic N) is 1. The van der Waals surface area contributed by atoms with E-state index in [-0.39, 0.29) is 5.54 Å². The van der Waals surface area contributed by atoms with Crippen molar-refractivity contribution in [2.75, 3.05) is 13.1 Å². The van der Waals surface area contributed by atoms with Gasteiger partial charge in [-0.3, -0.25) is 4.79 Å². The lowest BCUT2D eigenvalue weighted by Crippen LogP contribution is -2.57. The molecule has 0 aromatic carbocycles. The summed E-state index contributed by atoms with van der Waals surface area (Å²) in [6.45, 7) is 4.03. The molecule has 2 saturated heterocycles. The van der Waals surface area contributed by atoms with Crippen molar-refractivity contribution in [1.82, 2.24) is 10.2 Å². The molecule has 2 aliphatic heterocycles. The number of piperidine rings is 1. The Morgan fingerprint density at radius 2 is 2.54 bits per heavy atom. The predicted octanol–water partition coefficient (Wildman–Crippen LogP) is 0.359. The Morgan fingerprint density at radius 1 is 1.69 bits per heavy atom. The van der Waals surface area contributed by atoms with E-state index in [1.165, 1.54) is 12.8 Å². The molecule has 13 heavy (non-hydrogen) atoms. The highest BCUT2D eigenvalue weighted by Crippen LogP contribution is 2.59. The van der Waals surface area contributed by atoms with Crippen molar-refractivity contribution in [2.24, 2.45) is 5.92 Å². The van der Waals surface area contributed by atoms with Crippen LogP contribution in [0.3, 0.4) is 0 Å². The molecule has 1 saturated carbocycles. The molecule has 1 aliphatic carbocycles. The lowest BCUT2D eigenvalue weighted by atomic mass is 10.1. The topological polar surface area (TPSA) is 32.3 Å². The van der Waals surface area contributed by atoms with Crippen molar-refractivity contribution in [2.45, 2.75) is 37.8 Å². The molecule has 0 aromatic rings. The fourth-order valence-corrected chi connectivity index (χ4v) is 3.32. The second-order valence-electron chi connectivity index (χ2n) is 4.64. The number of rotatable bonds is 1. The predicted molar refractivity (Wildman–Crippen MR) is 49.2 cm³/mol. The van der Waals surface area contributed by atoms with Crippen LogP contribution in [0.25, 0.3) is 0 Å². The van der Waals surface area contributed by atoms with Crippen molar-refractivity contribution < 1.29 is 4.79 Å². The SMILES string of the molecule is CCC(=O)N1[C@@H]2CNCC13CC3C2. The largest absolute Gasteiger partial charge is 0.331 e. The van der Waals surface area contributed by atoms with Crippen LogP contribution < -0.4 is 5.32 Å². The van der Waals surface area contributed by atoms with Crippen LogP contribution in [-0.4, -0.2) is 35.5 Å². The Kier molecular flexibility index (Phi) is 1.36. The molecule has 3 heteroatoms. The Bertz CT molecular complexity index is 266. The number of fused-ring (bicyclic) bond motifs is 1. The molecule has 3 fully saturated rings. The number of piperazine rings is 1. The van der Waals surface area contributed by atoms with Gasteiger partial charge in [-0.15, -0.1) is 0 Å². The van der Waals surface area contributed by atoms with Crippen LogP contribution in [-0.2, 0) is 4.79 Å². The fourth-order valence-electron chi connectivity index (χ4n) is 3.32. The smallest absolute Gasteiger partial charge is 0.223 e. The number of carbonyl (C=O) groups excluding carboxylic acids is 1. The van der Waals surface area contributed by atoms with Gasteiger partial charge in [-0.25, -0.2) is 0 Å². The molecule has 2 heterocycles. The molecule has 1 spiro atoms. The molecule has 3 nitrogen and oxygen atoms in total. The highest BCUT2D eigenvalue weighted by molar-refractivity contribution is 5.78. The van der Waals surface area contributed by atoms with E-state index >= 15 is 0 Å². The van der Waals surface area contributed by atoms with Crippen LogP contribution in [0.15, 0.2) is 0 Å². The van der Waals surface area contributed by atoms with Crippen molar-refractivity contribution >= 4 is 5.91 Å². The van der Waals surface area contributed by atoms with Crippen molar-refractivity contribution in [1.29, 1.82) is 0 Å². The number of nitrogens with one attached hydrogen (secondary N) is 1. The van der Waals surface area contributed by atoms with E-state index in [0.717, 1.165) is 19.0 Å². The van der Waals surface area contributed by atoms with Crippen molar-refractivity contribution in [3.63, 3.8) is 0 Å². The van der Waals surface area contributed by atoms with Gasteiger partial charge in [0.25, 0.3) is 0 Å². The molecule has 3 atom stereocenters. The normalized spacial score (nSPS) is 46.1. The van der Waals surface area contributed by atoms with Crippen molar-refractivity contribution in [3.8, 4) is 0 Å². The minimum atomic E-state index is 0.274. The highest BCUT2D eigenvalue weighted by atomic mass is 16.2. The average Bonchev–Trinajstić information content (AvgIpc) is 2.73. The maximum absolute atomic E-state index is 11.8. The van der Waals surface area contributed by atoms with Gasteiger partial charge in [0.1, 0.15) is 0 Å². The van der Waals surface area contributed by atoms with Crippen LogP contribution >= 0.6 is 0 Å². The van der Waals surface area contributed by atoms with E-state index in [2.05, 4.69) is 10.2 Å². The molecule has 72 valence electrons. The Balaban J connectivity index is 1.91. The van der Waals surface area contributed by atoms with Gasteiger partial charge < -0.3 is 10.2 Å². The van der Waals surface area contributed by atoms with E-state index in [1.807, 2.05) is 6.92 Å². The first-order valence-electron chi connectivity index (χ1n) is 5.31. The third-order valence-electron chi connectivity index (χ3n) is 3.98. The van der Waals surface area contributed by atoms with Gasteiger partial charge in [-0.2, -0.15) is 0 Å². The van der Waals surface area contributed by atoms with E-state index in [9.17, 15) is 4.79 Å². The number of amides is 1. The van der Waals surface area contributed by atoms with Crippen LogP contribution in [0, 0.1) is 5.92 Å². The molecule has 0 aromatic heterocycles. The molecule has 2 bridgehead atoms. The Labute approximate surface area is 78.5 Å². The van der Waals surface area contributed by atoms with E-state index < -0.39 is 0 Å². The van der Waals surface area contributed by atoms with Gasteiger partial charge in [0.15, 0.2) is 0 Å². The van der Waals surface area contributed by atoms with Crippen LogP contribution in [0.1, 0.15) is 26.2 Å². The number of hydrogen-bond acceptors (Lipinski definition) is 2. The van der Waals surface area contributed by atoms with Gasteiger partial charge in [-0.1, -0.05) is 6.92 Å². The highest BCUT2D eigenvalue weighted by Gasteiger charge is 2.67. The van der Waals surface area contributed by atoms with Crippen LogP contribution in [0.4, 0.5) is 0 Å². The summed E-state index contributed by atoms with van der Waals surface area (Å²) in [5.41, 5.74) is 0.274. The first-order valence-corrected chi connectivity index (χ1v) is 5.31. The summed E-state index contributed by atoms with van der Waals surface area (Å²) in [5.74, 6) is 1.19. The second kappa shape index (κ2) is 2.27. The molecule has 1 N–H and O–H groups in total. The molecular formula is C10H16N2O. The average molecular weight is 180 g/mol. The van der Waals surface area contributed by atoms with E-state index in [1.54, 1.807) is 0 Å². The summed E-state index contributed by atoms with van der Waals surface area (Å²) in [4.78, 5) is 14.0. The first kappa shape index (κ1) is 7.80. The minimum absolute atomic E-state index is 0.274. The summed E-state index contributed by atoms with van der Waals surface area (Å²) >= 11 is 0. The lowest BCUT2D eigenvalue weighted by Gasteiger charge is -2.39. The minimum Gasteiger partial charge on any atom is -0.331 e. The zero-order valence-corrected chi connectivity index (χ0v) is 8.05. The zero-order chi connectivity index (χ0) is 9.05. The van der Waals surface area contributed by atoms with Crippen LogP contribution in [0.5, 0.6) is 0 Å².